The maximum absolute atomic E-state index is 12.8. The summed E-state index contributed by atoms with van der Waals surface area (Å²) in [6.45, 7) is 5.03. The van der Waals surface area contributed by atoms with Crippen molar-refractivity contribution in [2.45, 2.75) is 38.5 Å². The minimum Gasteiger partial charge on any atom is -0.339 e. The van der Waals surface area contributed by atoms with E-state index >= 15 is 0 Å². The van der Waals surface area contributed by atoms with Crippen molar-refractivity contribution in [1.82, 2.24) is 20.0 Å². The molecule has 3 heterocycles. The number of piperidine rings is 1. The number of aromatic nitrogens is 2. The van der Waals surface area contributed by atoms with Gasteiger partial charge in [-0.1, -0.05) is 0 Å². The van der Waals surface area contributed by atoms with Crippen molar-refractivity contribution in [3.8, 4) is 0 Å². The third kappa shape index (κ3) is 3.88. The highest BCUT2D eigenvalue weighted by Crippen LogP contribution is 2.26. The van der Waals surface area contributed by atoms with Crippen LogP contribution in [0.2, 0.25) is 0 Å². The third-order valence-corrected chi connectivity index (χ3v) is 5.78. The first-order valence-electron chi connectivity index (χ1n) is 10.1. The number of aryl methyl sites for hydroxylation is 1. The van der Waals surface area contributed by atoms with Gasteiger partial charge in [-0.05, 0) is 62.4 Å². The fourth-order valence-corrected chi connectivity index (χ4v) is 4.14. The number of hydrogen-bond acceptors (Lipinski definition) is 3. The number of nitrogens with zero attached hydrogens (tertiary/aromatic N) is 3. The number of carbonyl (C=O) groups excluding carboxylic acids is 2. The maximum atomic E-state index is 12.8. The quantitative estimate of drug-likeness (QED) is 0.855. The molecule has 0 radical (unpaired) electrons. The van der Waals surface area contributed by atoms with Crippen molar-refractivity contribution < 1.29 is 9.59 Å². The third-order valence-electron chi connectivity index (χ3n) is 5.78. The maximum Gasteiger partial charge on any atom is 0.321 e. The molecule has 2 aliphatic heterocycles. The Bertz CT molecular complexity index is 842. The highest BCUT2D eigenvalue weighted by molar-refractivity contribution is 5.96. The van der Waals surface area contributed by atoms with E-state index in [9.17, 15) is 9.59 Å². The van der Waals surface area contributed by atoms with Crippen LogP contribution in [-0.2, 0) is 0 Å². The normalized spacial score (nSPS) is 19.7. The Labute approximate surface area is 165 Å². The average molecular weight is 381 g/mol. The van der Waals surface area contributed by atoms with Gasteiger partial charge in [0.15, 0.2) is 0 Å². The van der Waals surface area contributed by atoms with Crippen molar-refractivity contribution in [2.75, 3.05) is 31.5 Å². The number of hydrogen-bond donors (Lipinski definition) is 2. The number of aromatic amines is 1. The molecule has 7 nitrogen and oxygen atoms in total. The van der Waals surface area contributed by atoms with Gasteiger partial charge in [-0.3, -0.25) is 9.89 Å². The number of amides is 3. The van der Waals surface area contributed by atoms with E-state index in [0.717, 1.165) is 62.3 Å². The van der Waals surface area contributed by atoms with Crippen molar-refractivity contribution in [3.63, 3.8) is 0 Å². The van der Waals surface area contributed by atoms with Gasteiger partial charge in [0.2, 0.25) is 0 Å². The van der Waals surface area contributed by atoms with Crippen LogP contribution in [0.5, 0.6) is 0 Å². The molecule has 0 spiro atoms. The smallest absolute Gasteiger partial charge is 0.321 e. The monoisotopic (exact) mass is 381 g/mol. The number of rotatable bonds is 3. The predicted octanol–water partition coefficient (Wildman–Crippen LogP) is 3.37. The number of likely N-dealkylation sites (tertiary alicyclic amines) is 2. The SMILES string of the molecule is Cc1cc(C(=O)N2CCCC2)ccc1NC(=O)N1CCCC(c2ccn[nH]2)C1. The summed E-state index contributed by atoms with van der Waals surface area (Å²) in [4.78, 5) is 29.1. The summed E-state index contributed by atoms with van der Waals surface area (Å²) in [5, 5.41) is 10.1. The predicted molar refractivity (Wildman–Crippen MR) is 107 cm³/mol. The van der Waals surface area contributed by atoms with E-state index in [2.05, 4.69) is 15.5 Å². The number of carbonyl (C=O) groups is 2. The lowest BCUT2D eigenvalue weighted by atomic mass is 9.95. The average Bonchev–Trinajstić information content (AvgIpc) is 3.43. The molecule has 4 rings (SSSR count). The lowest BCUT2D eigenvalue weighted by Crippen LogP contribution is -2.41. The molecule has 1 atom stereocenters. The first kappa shape index (κ1) is 18.5. The summed E-state index contributed by atoms with van der Waals surface area (Å²) < 4.78 is 0. The molecule has 148 valence electrons. The summed E-state index contributed by atoms with van der Waals surface area (Å²) >= 11 is 0. The molecule has 7 heteroatoms. The van der Waals surface area contributed by atoms with Crippen LogP contribution >= 0.6 is 0 Å². The first-order valence-corrected chi connectivity index (χ1v) is 10.1. The second-order valence-corrected chi connectivity index (χ2v) is 7.76. The minimum atomic E-state index is -0.0917. The number of benzene rings is 1. The second-order valence-electron chi connectivity index (χ2n) is 7.76. The zero-order valence-electron chi connectivity index (χ0n) is 16.3. The van der Waals surface area contributed by atoms with Gasteiger partial charge in [0, 0.05) is 55.2 Å². The van der Waals surface area contributed by atoms with Crippen LogP contribution in [0.25, 0.3) is 0 Å². The molecule has 2 N–H and O–H groups in total. The number of anilines is 1. The van der Waals surface area contributed by atoms with Crippen LogP contribution in [-0.4, -0.2) is 58.1 Å². The van der Waals surface area contributed by atoms with Gasteiger partial charge in [0.25, 0.3) is 5.91 Å². The van der Waals surface area contributed by atoms with E-state index < -0.39 is 0 Å². The molecular weight excluding hydrogens is 354 g/mol. The van der Waals surface area contributed by atoms with Gasteiger partial charge in [0.05, 0.1) is 0 Å². The van der Waals surface area contributed by atoms with E-state index in [1.807, 2.05) is 41.0 Å². The summed E-state index contributed by atoms with van der Waals surface area (Å²) in [6.07, 6.45) is 5.93. The summed E-state index contributed by atoms with van der Waals surface area (Å²) in [7, 11) is 0. The van der Waals surface area contributed by atoms with Gasteiger partial charge in [0.1, 0.15) is 0 Å². The minimum absolute atomic E-state index is 0.0805. The molecule has 2 aromatic rings. The van der Waals surface area contributed by atoms with Crippen molar-refractivity contribution >= 4 is 17.6 Å². The Morgan fingerprint density at radius 1 is 1.11 bits per heavy atom. The van der Waals surface area contributed by atoms with Crippen LogP contribution in [0, 0.1) is 6.92 Å². The molecule has 2 aliphatic rings. The summed E-state index contributed by atoms with van der Waals surface area (Å²) in [5.41, 5.74) is 3.43. The molecule has 0 bridgehead atoms. The molecule has 1 unspecified atom stereocenters. The Kier molecular flexibility index (Phi) is 5.32. The lowest BCUT2D eigenvalue weighted by molar-refractivity contribution is 0.0792. The largest absolute Gasteiger partial charge is 0.339 e. The van der Waals surface area contributed by atoms with E-state index in [0.29, 0.717) is 18.0 Å². The van der Waals surface area contributed by atoms with Gasteiger partial charge in [-0.25, -0.2) is 4.79 Å². The highest BCUT2D eigenvalue weighted by Gasteiger charge is 2.26. The van der Waals surface area contributed by atoms with Gasteiger partial charge >= 0.3 is 6.03 Å². The van der Waals surface area contributed by atoms with Crippen LogP contribution in [0.3, 0.4) is 0 Å². The van der Waals surface area contributed by atoms with Crippen molar-refractivity contribution in [1.29, 1.82) is 0 Å². The molecule has 0 saturated carbocycles. The number of nitrogens with one attached hydrogen (secondary N) is 2. The second kappa shape index (κ2) is 8.04. The van der Waals surface area contributed by atoms with Crippen LogP contribution < -0.4 is 5.32 Å². The Balaban J connectivity index is 1.40. The van der Waals surface area contributed by atoms with Gasteiger partial charge in [-0.15, -0.1) is 0 Å². The zero-order valence-corrected chi connectivity index (χ0v) is 16.3. The van der Waals surface area contributed by atoms with Crippen LogP contribution in [0.1, 0.15) is 53.2 Å². The molecule has 2 saturated heterocycles. The molecule has 3 amide bonds. The lowest BCUT2D eigenvalue weighted by Gasteiger charge is -2.32. The molecule has 28 heavy (non-hydrogen) atoms. The van der Waals surface area contributed by atoms with Gasteiger partial charge < -0.3 is 15.1 Å². The van der Waals surface area contributed by atoms with Crippen molar-refractivity contribution in [2.24, 2.45) is 0 Å². The van der Waals surface area contributed by atoms with E-state index in [1.165, 1.54) is 0 Å². The molecular formula is C21H27N5O2. The molecule has 2 fully saturated rings. The topological polar surface area (TPSA) is 81.3 Å². The van der Waals surface area contributed by atoms with E-state index in [1.54, 1.807) is 6.20 Å². The molecule has 1 aromatic heterocycles. The Hall–Kier alpha value is -2.83. The van der Waals surface area contributed by atoms with E-state index in [4.69, 9.17) is 0 Å². The Morgan fingerprint density at radius 2 is 1.89 bits per heavy atom. The summed E-state index contributed by atoms with van der Waals surface area (Å²) in [5.74, 6) is 0.375. The fourth-order valence-electron chi connectivity index (χ4n) is 4.14. The van der Waals surface area contributed by atoms with Crippen molar-refractivity contribution in [3.05, 3.63) is 47.3 Å². The molecule has 0 aliphatic carbocycles. The number of urea groups is 1. The zero-order chi connectivity index (χ0) is 19.5. The highest BCUT2D eigenvalue weighted by atomic mass is 16.2. The fraction of sp³-hybridized carbons (Fsp3) is 0.476. The standard InChI is InChI=1S/C21H27N5O2/c1-15-13-16(20(27)25-10-2-3-11-25)6-7-18(15)23-21(28)26-12-4-5-17(14-26)19-8-9-22-24-19/h6-9,13,17H,2-5,10-12,14H2,1H3,(H,22,24)(H,23,28). The van der Waals surface area contributed by atoms with Crippen LogP contribution in [0.4, 0.5) is 10.5 Å². The molecule has 1 aromatic carbocycles. The number of H-pyrrole nitrogens is 1. The van der Waals surface area contributed by atoms with Crippen LogP contribution in [0.15, 0.2) is 30.5 Å². The first-order chi connectivity index (χ1) is 13.6. The van der Waals surface area contributed by atoms with Gasteiger partial charge in [-0.2, -0.15) is 5.10 Å². The van der Waals surface area contributed by atoms with E-state index in [-0.39, 0.29) is 11.9 Å². The Morgan fingerprint density at radius 3 is 2.61 bits per heavy atom. The summed E-state index contributed by atoms with van der Waals surface area (Å²) in [6, 6.07) is 7.41.